The molecule has 1 aliphatic rings. The summed E-state index contributed by atoms with van der Waals surface area (Å²) >= 11 is 0. The Labute approximate surface area is 107 Å². The highest BCUT2D eigenvalue weighted by Gasteiger charge is 2.28. The number of aliphatic hydroxyl groups excluding tert-OH is 1. The SMILES string of the molecule is O=C(Nc1ccc(F)c([N+](=O)[O-])c1)C1CC(O)CN1. The zero-order valence-electron chi connectivity index (χ0n) is 9.80. The number of anilines is 1. The third kappa shape index (κ3) is 3.04. The minimum absolute atomic E-state index is 0.140. The number of nitro groups is 1. The van der Waals surface area contributed by atoms with Gasteiger partial charge in [0.2, 0.25) is 11.7 Å². The van der Waals surface area contributed by atoms with Gasteiger partial charge in [-0.3, -0.25) is 14.9 Å². The number of carbonyl (C=O) groups excluding carboxylic acids is 1. The number of β-amino-alcohol motifs (C(OH)–C–C–N with tert-alkyl or cyclic N) is 1. The second-order valence-corrected chi connectivity index (χ2v) is 4.26. The molecule has 0 saturated carbocycles. The largest absolute Gasteiger partial charge is 0.392 e. The van der Waals surface area contributed by atoms with Crippen LogP contribution in [-0.4, -0.2) is 34.6 Å². The zero-order valence-corrected chi connectivity index (χ0v) is 9.80. The van der Waals surface area contributed by atoms with Crippen LogP contribution in [0.4, 0.5) is 15.8 Å². The van der Waals surface area contributed by atoms with Crippen molar-refractivity contribution in [2.75, 3.05) is 11.9 Å². The van der Waals surface area contributed by atoms with Crippen LogP contribution in [0.15, 0.2) is 18.2 Å². The van der Waals surface area contributed by atoms with Gasteiger partial charge in [-0.15, -0.1) is 0 Å². The topological polar surface area (TPSA) is 104 Å². The van der Waals surface area contributed by atoms with Crippen LogP contribution >= 0.6 is 0 Å². The third-order valence-corrected chi connectivity index (χ3v) is 2.83. The first-order valence-corrected chi connectivity index (χ1v) is 5.63. The molecule has 0 radical (unpaired) electrons. The molecule has 1 aromatic carbocycles. The van der Waals surface area contributed by atoms with E-state index in [4.69, 9.17) is 0 Å². The van der Waals surface area contributed by atoms with Crippen LogP contribution < -0.4 is 10.6 Å². The van der Waals surface area contributed by atoms with Gasteiger partial charge in [0.25, 0.3) is 0 Å². The van der Waals surface area contributed by atoms with E-state index >= 15 is 0 Å². The fourth-order valence-corrected chi connectivity index (χ4v) is 1.88. The molecule has 1 heterocycles. The Bertz CT molecular complexity index is 523. The molecule has 1 aliphatic heterocycles. The number of carbonyl (C=O) groups is 1. The Morgan fingerprint density at radius 3 is 2.89 bits per heavy atom. The molecule has 8 heteroatoms. The van der Waals surface area contributed by atoms with Gasteiger partial charge >= 0.3 is 5.69 Å². The number of hydrogen-bond donors (Lipinski definition) is 3. The Balaban J connectivity index is 2.09. The fraction of sp³-hybridized carbons (Fsp3) is 0.364. The summed E-state index contributed by atoms with van der Waals surface area (Å²) in [7, 11) is 0. The average Bonchev–Trinajstić information content (AvgIpc) is 2.78. The van der Waals surface area contributed by atoms with Crippen LogP contribution in [0.5, 0.6) is 0 Å². The molecular formula is C11H12FN3O4. The lowest BCUT2D eigenvalue weighted by Gasteiger charge is -2.10. The van der Waals surface area contributed by atoms with Gasteiger partial charge in [-0.1, -0.05) is 0 Å². The molecule has 7 nitrogen and oxygen atoms in total. The molecule has 19 heavy (non-hydrogen) atoms. The first-order valence-electron chi connectivity index (χ1n) is 5.63. The van der Waals surface area contributed by atoms with Crippen LogP contribution in [0.2, 0.25) is 0 Å². The Kier molecular flexibility index (Phi) is 3.72. The van der Waals surface area contributed by atoms with E-state index in [9.17, 15) is 24.4 Å². The van der Waals surface area contributed by atoms with Gasteiger partial charge in [0.15, 0.2) is 0 Å². The van der Waals surface area contributed by atoms with Crippen molar-refractivity contribution >= 4 is 17.3 Å². The minimum Gasteiger partial charge on any atom is -0.392 e. The number of hydrogen-bond acceptors (Lipinski definition) is 5. The molecule has 1 saturated heterocycles. The molecule has 2 atom stereocenters. The van der Waals surface area contributed by atoms with Crippen molar-refractivity contribution in [3.8, 4) is 0 Å². The van der Waals surface area contributed by atoms with Crippen LogP contribution in [0.25, 0.3) is 0 Å². The molecule has 1 fully saturated rings. The molecule has 2 unspecified atom stereocenters. The van der Waals surface area contributed by atoms with Gasteiger partial charge in [-0.2, -0.15) is 4.39 Å². The number of amides is 1. The predicted octanol–water partition coefficient (Wildman–Crippen LogP) is 0.395. The number of aliphatic hydroxyl groups is 1. The quantitative estimate of drug-likeness (QED) is 0.544. The lowest BCUT2D eigenvalue weighted by Crippen LogP contribution is -2.35. The number of benzene rings is 1. The highest BCUT2D eigenvalue weighted by atomic mass is 19.1. The van der Waals surface area contributed by atoms with Gasteiger partial charge < -0.3 is 15.7 Å². The summed E-state index contributed by atoms with van der Waals surface area (Å²) in [4.78, 5) is 21.5. The molecular weight excluding hydrogens is 257 g/mol. The third-order valence-electron chi connectivity index (χ3n) is 2.83. The van der Waals surface area contributed by atoms with Gasteiger partial charge in [-0.05, 0) is 18.6 Å². The molecule has 3 N–H and O–H groups in total. The summed E-state index contributed by atoms with van der Waals surface area (Å²) in [6, 6.07) is 2.56. The number of nitro benzene ring substituents is 1. The number of nitrogens with zero attached hydrogens (tertiary/aromatic N) is 1. The standard InChI is InChI=1S/C11H12FN3O4/c12-8-2-1-6(3-10(8)15(18)19)14-11(17)9-4-7(16)5-13-9/h1-3,7,9,13,16H,4-5H2,(H,14,17). The zero-order chi connectivity index (χ0) is 14.0. The van der Waals surface area contributed by atoms with Crippen molar-refractivity contribution in [2.45, 2.75) is 18.6 Å². The molecule has 102 valence electrons. The normalized spacial score (nSPS) is 22.2. The predicted molar refractivity (Wildman–Crippen MR) is 64.1 cm³/mol. The maximum atomic E-state index is 13.1. The maximum Gasteiger partial charge on any atom is 0.306 e. The molecule has 0 aromatic heterocycles. The highest BCUT2D eigenvalue weighted by Crippen LogP contribution is 2.22. The molecule has 1 amide bonds. The van der Waals surface area contributed by atoms with Crippen molar-refractivity contribution in [1.82, 2.24) is 5.32 Å². The minimum atomic E-state index is -0.961. The van der Waals surface area contributed by atoms with E-state index in [2.05, 4.69) is 10.6 Å². The van der Waals surface area contributed by atoms with E-state index in [1.165, 1.54) is 6.07 Å². The summed E-state index contributed by atoms with van der Waals surface area (Å²) in [6.07, 6.45) is -0.312. The molecule has 0 spiro atoms. The van der Waals surface area contributed by atoms with E-state index in [1.54, 1.807) is 0 Å². The molecule has 1 aromatic rings. The van der Waals surface area contributed by atoms with Gasteiger partial charge in [0, 0.05) is 18.3 Å². The van der Waals surface area contributed by atoms with Crippen LogP contribution in [0.1, 0.15) is 6.42 Å². The fourth-order valence-electron chi connectivity index (χ4n) is 1.88. The maximum absolute atomic E-state index is 13.1. The van der Waals surface area contributed by atoms with E-state index < -0.39 is 34.5 Å². The number of rotatable bonds is 3. The molecule has 0 aliphatic carbocycles. The first-order chi connectivity index (χ1) is 8.97. The molecule has 0 bridgehead atoms. The van der Waals surface area contributed by atoms with E-state index in [1.807, 2.05) is 0 Å². The summed E-state index contributed by atoms with van der Waals surface area (Å²) in [6.45, 7) is 0.321. The van der Waals surface area contributed by atoms with Gasteiger partial charge in [-0.25, -0.2) is 0 Å². The van der Waals surface area contributed by atoms with Gasteiger partial charge in [0.1, 0.15) is 0 Å². The van der Waals surface area contributed by atoms with Crippen molar-refractivity contribution in [2.24, 2.45) is 0 Å². The van der Waals surface area contributed by atoms with Crippen LogP contribution in [0, 0.1) is 15.9 Å². The average molecular weight is 269 g/mol. The van der Waals surface area contributed by atoms with Gasteiger partial charge in [0.05, 0.1) is 17.1 Å². The number of nitrogens with one attached hydrogen (secondary N) is 2. The molecule has 2 rings (SSSR count). The second kappa shape index (κ2) is 5.29. The van der Waals surface area contributed by atoms with E-state index in [-0.39, 0.29) is 12.1 Å². The number of halogens is 1. The Hall–Kier alpha value is -2.06. The van der Waals surface area contributed by atoms with Crippen LogP contribution in [0.3, 0.4) is 0 Å². The Morgan fingerprint density at radius 2 is 2.32 bits per heavy atom. The lowest BCUT2D eigenvalue weighted by molar-refractivity contribution is -0.387. The highest BCUT2D eigenvalue weighted by molar-refractivity contribution is 5.95. The van der Waals surface area contributed by atoms with Crippen molar-refractivity contribution in [3.63, 3.8) is 0 Å². The lowest BCUT2D eigenvalue weighted by atomic mass is 10.2. The summed E-state index contributed by atoms with van der Waals surface area (Å²) < 4.78 is 13.1. The monoisotopic (exact) mass is 269 g/mol. The second-order valence-electron chi connectivity index (χ2n) is 4.26. The van der Waals surface area contributed by atoms with E-state index in [0.717, 1.165) is 12.1 Å². The van der Waals surface area contributed by atoms with Crippen molar-refractivity contribution in [3.05, 3.63) is 34.1 Å². The Morgan fingerprint density at radius 1 is 1.58 bits per heavy atom. The van der Waals surface area contributed by atoms with Crippen molar-refractivity contribution in [1.29, 1.82) is 0 Å². The van der Waals surface area contributed by atoms with Crippen LogP contribution in [-0.2, 0) is 4.79 Å². The van der Waals surface area contributed by atoms with E-state index in [0.29, 0.717) is 6.54 Å². The summed E-state index contributed by atoms with van der Waals surface area (Å²) in [5.41, 5.74) is -0.557. The summed E-state index contributed by atoms with van der Waals surface area (Å²) in [5, 5.41) is 25.1. The van der Waals surface area contributed by atoms with Crippen molar-refractivity contribution < 1.29 is 19.2 Å². The summed E-state index contributed by atoms with van der Waals surface area (Å²) in [5.74, 6) is -1.38. The first kappa shape index (κ1) is 13.4. The smallest absolute Gasteiger partial charge is 0.306 e.